The monoisotopic (exact) mass is 496 g/mol. The van der Waals surface area contributed by atoms with E-state index in [1.807, 2.05) is 30.3 Å². The molecule has 2 atom stereocenters. The Labute approximate surface area is 203 Å². The van der Waals surface area contributed by atoms with Crippen molar-refractivity contribution in [2.24, 2.45) is 5.92 Å². The van der Waals surface area contributed by atoms with E-state index in [-0.39, 0.29) is 11.3 Å². The van der Waals surface area contributed by atoms with Gasteiger partial charge in [0, 0.05) is 23.9 Å². The van der Waals surface area contributed by atoms with Crippen LogP contribution < -0.4 is 10.0 Å². The van der Waals surface area contributed by atoms with Crippen molar-refractivity contribution in [3.63, 3.8) is 0 Å². The van der Waals surface area contributed by atoms with Gasteiger partial charge in [-0.15, -0.1) is 0 Å². The van der Waals surface area contributed by atoms with Crippen molar-refractivity contribution in [3.05, 3.63) is 91.2 Å². The van der Waals surface area contributed by atoms with Gasteiger partial charge in [0.25, 0.3) is 0 Å². The average Bonchev–Trinajstić information content (AvgIpc) is 3.69. The summed E-state index contributed by atoms with van der Waals surface area (Å²) < 4.78 is 41.4. The Morgan fingerprint density at radius 1 is 1.06 bits per heavy atom. The third-order valence-corrected chi connectivity index (χ3v) is 8.34. The van der Waals surface area contributed by atoms with Crippen LogP contribution in [0.2, 0.25) is 0 Å². The minimum atomic E-state index is -4.00. The molecule has 9 heteroatoms. The van der Waals surface area contributed by atoms with Gasteiger partial charge in [0.2, 0.25) is 15.9 Å². The summed E-state index contributed by atoms with van der Waals surface area (Å²) in [6, 6.07) is 17.5. The molecule has 1 saturated carbocycles. The summed E-state index contributed by atoms with van der Waals surface area (Å²) in [7, 11) is -4.00. The summed E-state index contributed by atoms with van der Waals surface area (Å²) >= 11 is -1.48. The molecule has 1 unspecified atom stereocenters. The van der Waals surface area contributed by atoms with Crippen LogP contribution in [0, 0.1) is 12.5 Å². The molecule has 2 aromatic carbocycles. The minimum Gasteiger partial charge on any atom is -0.606 e. The van der Waals surface area contributed by atoms with Gasteiger partial charge < -0.3 is 9.87 Å². The molecule has 177 valence electrons. The van der Waals surface area contributed by atoms with E-state index in [1.54, 1.807) is 24.9 Å². The predicted molar refractivity (Wildman–Crippen MR) is 129 cm³/mol. The maximum Gasteiger partial charge on any atom is 0.241 e. The van der Waals surface area contributed by atoms with Gasteiger partial charge in [-0.2, -0.15) is 4.72 Å². The molecule has 4 rings (SSSR count). The fraction of sp³-hybridized carbons (Fsp3) is 0.240. The van der Waals surface area contributed by atoms with E-state index in [9.17, 15) is 17.8 Å². The molecular weight excluding hydrogens is 470 g/mol. The third-order valence-electron chi connectivity index (χ3n) is 5.49. The van der Waals surface area contributed by atoms with Gasteiger partial charge >= 0.3 is 0 Å². The van der Waals surface area contributed by atoms with Gasteiger partial charge in [0.1, 0.15) is 6.04 Å². The summed E-state index contributed by atoms with van der Waals surface area (Å²) in [4.78, 5) is 17.8. The van der Waals surface area contributed by atoms with Crippen LogP contribution in [-0.4, -0.2) is 29.9 Å². The molecule has 1 amide bonds. The van der Waals surface area contributed by atoms with Crippen molar-refractivity contribution in [2.45, 2.75) is 46.4 Å². The topological polar surface area (TPSA) is 111 Å². The van der Waals surface area contributed by atoms with Crippen LogP contribution in [0.4, 0.5) is 0 Å². The normalized spacial score (nSPS) is 15.4. The molecule has 0 bridgehead atoms. The van der Waals surface area contributed by atoms with Crippen LogP contribution in [0.15, 0.2) is 93.8 Å². The zero-order valence-corrected chi connectivity index (χ0v) is 20.1. The number of benzene rings is 2. The van der Waals surface area contributed by atoms with E-state index in [0.717, 1.165) is 24.8 Å². The van der Waals surface area contributed by atoms with Crippen LogP contribution in [0.25, 0.3) is 0 Å². The molecule has 1 aliphatic rings. The smallest absolute Gasteiger partial charge is 0.241 e. The highest BCUT2D eigenvalue weighted by Gasteiger charge is 2.28. The second kappa shape index (κ2) is 11.1. The Balaban J connectivity index is 1.47. The Morgan fingerprint density at radius 2 is 1.79 bits per heavy atom. The number of carbonyl (C=O) groups excluding carboxylic acids is 1. The van der Waals surface area contributed by atoms with Crippen LogP contribution >= 0.6 is 0 Å². The summed E-state index contributed by atoms with van der Waals surface area (Å²) in [6.07, 6.45) is 6.42. The first-order chi connectivity index (χ1) is 16.4. The first-order valence-electron chi connectivity index (χ1n) is 11.0. The Morgan fingerprint density at radius 3 is 2.44 bits per heavy atom. The zero-order chi connectivity index (χ0) is 24.0. The Kier molecular flexibility index (Phi) is 7.99. The molecule has 7 nitrogen and oxygen atoms in total. The van der Waals surface area contributed by atoms with Crippen molar-refractivity contribution in [2.75, 3.05) is 0 Å². The van der Waals surface area contributed by atoms with Gasteiger partial charge in [-0.05, 0) is 60.7 Å². The molecule has 1 radical (unpaired) electrons. The Bertz CT molecular complexity index is 1190. The minimum absolute atomic E-state index is 0.00717. The highest BCUT2D eigenvalue weighted by atomic mass is 32.2. The van der Waals surface area contributed by atoms with Gasteiger partial charge in [-0.25, -0.2) is 8.42 Å². The lowest BCUT2D eigenvalue weighted by Gasteiger charge is -2.19. The molecule has 0 aliphatic heterocycles. The van der Waals surface area contributed by atoms with E-state index >= 15 is 0 Å². The Hall–Kier alpha value is -2.72. The van der Waals surface area contributed by atoms with Crippen molar-refractivity contribution in [3.8, 4) is 0 Å². The SMILES string of the molecule is O=C(N[CH]CC1CC1)[C@H](Cc1ccccc1)NS(=O)(=O)c1ccc([S+]([O-])c2cccnc2)cc1. The molecule has 0 saturated heterocycles. The lowest BCUT2D eigenvalue weighted by molar-refractivity contribution is -0.122. The van der Waals surface area contributed by atoms with Crippen molar-refractivity contribution in [1.29, 1.82) is 0 Å². The quantitative estimate of drug-likeness (QED) is 0.396. The number of hydrogen-bond acceptors (Lipinski definition) is 5. The second-order valence-electron chi connectivity index (χ2n) is 8.18. The van der Waals surface area contributed by atoms with Gasteiger partial charge in [-0.1, -0.05) is 43.2 Å². The van der Waals surface area contributed by atoms with Crippen LogP contribution in [0.1, 0.15) is 24.8 Å². The largest absolute Gasteiger partial charge is 0.606 e. The summed E-state index contributed by atoms with van der Waals surface area (Å²) in [5, 5.41) is 2.75. The van der Waals surface area contributed by atoms with Crippen LogP contribution in [-0.2, 0) is 32.4 Å². The van der Waals surface area contributed by atoms with Crippen LogP contribution in [0.3, 0.4) is 0 Å². The van der Waals surface area contributed by atoms with Gasteiger partial charge in [-0.3, -0.25) is 9.78 Å². The highest BCUT2D eigenvalue weighted by molar-refractivity contribution is 7.91. The number of hydrogen-bond donors (Lipinski definition) is 2. The summed E-state index contributed by atoms with van der Waals surface area (Å²) in [5.74, 6) is 0.211. The molecule has 0 spiro atoms. The molecule has 1 fully saturated rings. The van der Waals surface area contributed by atoms with Crippen molar-refractivity contribution < 1.29 is 17.8 Å². The summed E-state index contributed by atoms with van der Waals surface area (Å²) in [5.41, 5.74) is 0.842. The van der Waals surface area contributed by atoms with E-state index in [1.165, 1.54) is 30.5 Å². The number of carbonyl (C=O) groups is 1. The first-order valence-corrected chi connectivity index (χ1v) is 13.7. The van der Waals surface area contributed by atoms with Gasteiger partial charge in [0.05, 0.1) is 11.1 Å². The number of sulfonamides is 1. The molecule has 1 aromatic heterocycles. The number of nitrogens with zero attached hydrogens (tertiary/aromatic N) is 1. The van der Waals surface area contributed by atoms with E-state index in [0.29, 0.717) is 15.7 Å². The number of nitrogens with one attached hydrogen (secondary N) is 2. The maximum absolute atomic E-state index is 13.1. The zero-order valence-electron chi connectivity index (χ0n) is 18.5. The van der Waals surface area contributed by atoms with Crippen molar-refractivity contribution >= 4 is 27.1 Å². The number of rotatable bonds is 11. The standard InChI is InChI=1S/C25H26N3O4S2/c29-25(27-16-14-19-8-9-19)24(17-20-5-2-1-3-6-20)28-34(31,32)23-12-10-21(11-13-23)33(30)22-7-4-15-26-18-22/h1-7,10-13,15-16,18-19,24,28H,8-9,14,17H2,(H,27,29)/t24-,33?/m0/s1. The lowest BCUT2D eigenvalue weighted by atomic mass is 10.1. The van der Waals surface area contributed by atoms with E-state index < -0.39 is 33.1 Å². The number of pyridine rings is 1. The highest BCUT2D eigenvalue weighted by Crippen LogP contribution is 2.32. The number of amides is 1. The van der Waals surface area contributed by atoms with Crippen molar-refractivity contribution in [1.82, 2.24) is 15.0 Å². The maximum atomic E-state index is 13.1. The first kappa shape index (κ1) is 24.4. The molecule has 1 heterocycles. The van der Waals surface area contributed by atoms with E-state index in [2.05, 4.69) is 15.0 Å². The fourth-order valence-corrected chi connectivity index (χ4v) is 5.62. The van der Waals surface area contributed by atoms with Crippen LogP contribution in [0.5, 0.6) is 0 Å². The fourth-order valence-electron chi connectivity index (χ4n) is 3.41. The second-order valence-corrected chi connectivity index (χ2v) is 11.4. The molecule has 3 aromatic rings. The van der Waals surface area contributed by atoms with E-state index in [4.69, 9.17) is 0 Å². The molecule has 2 N–H and O–H groups in total. The number of aromatic nitrogens is 1. The van der Waals surface area contributed by atoms with Gasteiger partial charge in [0.15, 0.2) is 9.79 Å². The predicted octanol–water partition coefficient (Wildman–Crippen LogP) is 3.22. The molecular formula is C25H26N3O4S2. The summed E-state index contributed by atoms with van der Waals surface area (Å²) in [6.45, 7) is 1.72. The molecule has 1 aliphatic carbocycles. The lowest BCUT2D eigenvalue weighted by Crippen LogP contribution is -2.47. The molecule has 34 heavy (non-hydrogen) atoms. The average molecular weight is 497 g/mol. The third kappa shape index (κ3) is 6.66.